The SMILES string of the molecule is CNCCCC(=O)N[C@H](CCC(N)=O)C(=O)O. The van der Waals surface area contributed by atoms with Crippen LogP contribution >= 0.6 is 0 Å². The zero-order valence-corrected chi connectivity index (χ0v) is 9.86. The Morgan fingerprint density at radius 1 is 1.29 bits per heavy atom. The first-order valence-corrected chi connectivity index (χ1v) is 5.42. The average Bonchev–Trinajstić information content (AvgIpc) is 2.23. The Hall–Kier alpha value is -1.63. The molecule has 0 fully saturated rings. The second-order valence-electron chi connectivity index (χ2n) is 3.67. The molecule has 0 aromatic carbocycles. The van der Waals surface area contributed by atoms with Crippen molar-refractivity contribution in [3.8, 4) is 0 Å². The van der Waals surface area contributed by atoms with E-state index in [9.17, 15) is 14.4 Å². The lowest BCUT2D eigenvalue weighted by Gasteiger charge is -2.13. The number of nitrogens with two attached hydrogens (primary N) is 1. The van der Waals surface area contributed by atoms with Crippen LogP contribution in [0.25, 0.3) is 0 Å². The molecular weight excluding hydrogens is 226 g/mol. The molecule has 7 heteroatoms. The molecule has 0 aliphatic rings. The molecule has 0 spiro atoms. The Kier molecular flexibility index (Phi) is 7.70. The average molecular weight is 245 g/mol. The van der Waals surface area contributed by atoms with Crippen LogP contribution in [0.15, 0.2) is 0 Å². The van der Waals surface area contributed by atoms with Gasteiger partial charge in [-0.25, -0.2) is 4.79 Å². The summed E-state index contributed by atoms with van der Waals surface area (Å²) in [5.41, 5.74) is 4.92. The van der Waals surface area contributed by atoms with Gasteiger partial charge in [-0.2, -0.15) is 0 Å². The monoisotopic (exact) mass is 245 g/mol. The lowest BCUT2D eigenvalue weighted by molar-refractivity contribution is -0.142. The molecule has 1 atom stereocenters. The quantitative estimate of drug-likeness (QED) is 0.381. The topological polar surface area (TPSA) is 122 Å². The highest BCUT2D eigenvalue weighted by Gasteiger charge is 2.19. The highest BCUT2D eigenvalue weighted by molar-refractivity contribution is 5.84. The number of carboxylic acids is 1. The maximum absolute atomic E-state index is 11.4. The summed E-state index contributed by atoms with van der Waals surface area (Å²) < 4.78 is 0. The van der Waals surface area contributed by atoms with Gasteiger partial charge in [0.1, 0.15) is 6.04 Å². The molecule has 98 valence electrons. The molecule has 17 heavy (non-hydrogen) atoms. The molecule has 0 aromatic rings. The zero-order valence-electron chi connectivity index (χ0n) is 9.86. The van der Waals surface area contributed by atoms with Gasteiger partial charge in [-0.1, -0.05) is 0 Å². The Bertz CT molecular complexity index is 281. The molecule has 0 saturated carbocycles. The molecule has 0 bridgehead atoms. The van der Waals surface area contributed by atoms with Crippen LogP contribution in [0.1, 0.15) is 25.7 Å². The van der Waals surface area contributed by atoms with E-state index in [2.05, 4.69) is 10.6 Å². The van der Waals surface area contributed by atoms with Crippen LogP contribution in [-0.4, -0.2) is 42.5 Å². The Morgan fingerprint density at radius 3 is 2.41 bits per heavy atom. The van der Waals surface area contributed by atoms with E-state index in [1.807, 2.05) is 0 Å². The summed E-state index contributed by atoms with van der Waals surface area (Å²) in [5, 5.41) is 14.1. The fraction of sp³-hybridized carbons (Fsp3) is 0.700. The first-order chi connectivity index (χ1) is 7.97. The van der Waals surface area contributed by atoms with E-state index in [0.717, 1.165) is 0 Å². The van der Waals surface area contributed by atoms with Crippen LogP contribution in [-0.2, 0) is 14.4 Å². The van der Waals surface area contributed by atoms with Gasteiger partial charge in [-0.3, -0.25) is 9.59 Å². The van der Waals surface area contributed by atoms with E-state index < -0.39 is 17.9 Å². The van der Waals surface area contributed by atoms with Gasteiger partial charge >= 0.3 is 5.97 Å². The molecule has 0 saturated heterocycles. The number of amides is 2. The summed E-state index contributed by atoms with van der Waals surface area (Å²) in [5.74, 6) is -2.08. The van der Waals surface area contributed by atoms with Crippen molar-refractivity contribution in [2.45, 2.75) is 31.7 Å². The van der Waals surface area contributed by atoms with Crippen molar-refractivity contribution in [1.29, 1.82) is 0 Å². The number of carbonyl (C=O) groups excluding carboxylic acids is 2. The molecule has 7 nitrogen and oxygen atoms in total. The van der Waals surface area contributed by atoms with E-state index in [4.69, 9.17) is 10.8 Å². The van der Waals surface area contributed by atoms with Crippen LogP contribution in [0.4, 0.5) is 0 Å². The van der Waals surface area contributed by atoms with Gasteiger partial charge in [0.2, 0.25) is 11.8 Å². The van der Waals surface area contributed by atoms with Crippen molar-refractivity contribution < 1.29 is 19.5 Å². The molecule has 0 radical (unpaired) electrons. The summed E-state index contributed by atoms with van der Waals surface area (Å²) >= 11 is 0. The fourth-order valence-electron chi connectivity index (χ4n) is 1.24. The Labute approximate surface area is 99.7 Å². The van der Waals surface area contributed by atoms with E-state index in [1.165, 1.54) is 0 Å². The Balaban J connectivity index is 4.02. The molecule has 5 N–H and O–H groups in total. The van der Waals surface area contributed by atoms with Gasteiger partial charge in [-0.15, -0.1) is 0 Å². The number of carbonyl (C=O) groups is 3. The van der Waals surface area contributed by atoms with Gasteiger partial charge in [0.15, 0.2) is 0 Å². The van der Waals surface area contributed by atoms with E-state index >= 15 is 0 Å². The van der Waals surface area contributed by atoms with Gasteiger partial charge in [0.25, 0.3) is 0 Å². The molecule has 0 heterocycles. The van der Waals surface area contributed by atoms with Crippen molar-refractivity contribution in [2.24, 2.45) is 5.73 Å². The molecule has 0 aromatic heterocycles. The smallest absolute Gasteiger partial charge is 0.326 e. The highest BCUT2D eigenvalue weighted by Crippen LogP contribution is 1.99. The summed E-state index contributed by atoms with van der Waals surface area (Å²) in [4.78, 5) is 32.7. The van der Waals surface area contributed by atoms with Crippen molar-refractivity contribution in [1.82, 2.24) is 10.6 Å². The maximum Gasteiger partial charge on any atom is 0.326 e. The van der Waals surface area contributed by atoms with Gasteiger partial charge in [0.05, 0.1) is 0 Å². The normalized spacial score (nSPS) is 11.8. The van der Waals surface area contributed by atoms with Crippen molar-refractivity contribution in [3.05, 3.63) is 0 Å². The number of hydrogen-bond acceptors (Lipinski definition) is 4. The fourth-order valence-corrected chi connectivity index (χ4v) is 1.24. The third kappa shape index (κ3) is 8.21. The number of hydrogen-bond donors (Lipinski definition) is 4. The van der Waals surface area contributed by atoms with Gasteiger partial charge in [-0.05, 0) is 26.4 Å². The number of aliphatic carboxylic acids is 1. The minimum atomic E-state index is -1.16. The maximum atomic E-state index is 11.4. The second-order valence-corrected chi connectivity index (χ2v) is 3.67. The number of carboxylic acid groups (broad SMARTS) is 1. The highest BCUT2D eigenvalue weighted by atomic mass is 16.4. The molecule has 0 unspecified atom stereocenters. The molecule has 0 aliphatic carbocycles. The van der Waals surface area contributed by atoms with Crippen LogP contribution in [0, 0.1) is 0 Å². The number of primary amides is 1. The van der Waals surface area contributed by atoms with E-state index in [0.29, 0.717) is 13.0 Å². The van der Waals surface area contributed by atoms with Crippen LogP contribution in [0.2, 0.25) is 0 Å². The van der Waals surface area contributed by atoms with Crippen LogP contribution in [0.5, 0.6) is 0 Å². The number of nitrogens with one attached hydrogen (secondary N) is 2. The molecule has 2 amide bonds. The second kappa shape index (κ2) is 8.51. The van der Waals surface area contributed by atoms with Crippen molar-refractivity contribution >= 4 is 17.8 Å². The van der Waals surface area contributed by atoms with E-state index in [1.54, 1.807) is 7.05 Å². The number of rotatable bonds is 9. The summed E-state index contributed by atoms with van der Waals surface area (Å²) in [6.45, 7) is 0.687. The third-order valence-electron chi connectivity index (χ3n) is 2.14. The standard InChI is InChI=1S/C10H19N3O4/c1-12-6-2-3-9(15)13-7(10(16)17)4-5-8(11)14/h7,12H,2-6H2,1H3,(H2,11,14)(H,13,15)(H,16,17)/t7-/m1/s1. The lowest BCUT2D eigenvalue weighted by atomic mass is 10.1. The van der Waals surface area contributed by atoms with Crippen molar-refractivity contribution in [2.75, 3.05) is 13.6 Å². The molecule has 0 aliphatic heterocycles. The van der Waals surface area contributed by atoms with E-state index in [-0.39, 0.29) is 25.2 Å². The van der Waals surface area contributed by atoms with Gasteiger partial charge < -0.3 is 21.5 Å². The first-order valence-electron chi connectivity index (χ1n) is 5.42. The zero-order chi connectivity index (χ0) is 13.3. The van der Waals surface area contributed by atoms with Crippen molar-refractivity contribution in [3.63, 3.8) is 0 Å². The minimum absolute atomic E-state index is 0.0163. The summed E-state index contributed by atoms with van der Waals surface area (Å²) in [6.07, 6.45) is 0.835. The first kappa shape index (κ1) is 15.4. The van der Waals surface area contributed by atoms with Crippen LogP contribution in [0.3, 0.4) is 0 Å². The Morgan fingerprint density at radius 2 is 1.94 bits per heavy atom. The summed E-state index contributed by atoms with van der Waals surface area (Å²) in [7, 11) is 1.77. The molecular formula is C10H19N3O4. The molecule has 0 rings (SSSR count). The summed E-state index contributed by atoms with van der Waals surface area (Å²) in [6, 6.07) is -1.05. The third-order valence-corrected chi connectivity index (χ3v) is 2.14. The minimum Gasteiger partial charge on any atom is -0.480 e. The largest absolute Gasteiger partial charge is 0.480 e. The van der Waals surface area contributed by atoms with Crippen LogP contribution < -0.4 is 16.4 Å². The lowest BCUT2D eigenvalue weighted by Crippen LogP contribution is -2.41. The predicted octanol–water partition coefficient (Wildman–Crippen LogP) is -1.18. The van der Waals surface area contributed by atoms with Gasteiger partial charge in [0, 0.05) is 12.8 Å². The predicted molar refractivity (Wildman–Crippen MR) is 61.2 cm³/mol.